The van der Waals surface area contributed by atoms with Crippen LogP contribution in [0.1, 0.15) is 23.6 Å². The second-order valence-corrected chi connectivity index (χ2v) is 4.10. The van der Waals surface area contributed by atoms with Crippen LogP contribution in [0.4, 0.5) is 13.2 Å². The molecule has 0 spiro atoms. The maximum atomic E-state index is 12.6. The highest BCUT2D eigenvalue weighted by Gasteiger charge is 2.32. The molecule has 1 aromatic rings. The summed E-state index contributed by atoms with van der Waals surface area (Å²) in [6.45, 7) is 1.70. The zero-order valence-corrected chi connectivity index (χ0v) is 10.8. The summed E-state index contributed by atoms with van der Waals surface area (Å²) < 4.78 is 42.6. The molecule has 0 saturated heterocycles. The van der Waals surface area contributed by atoms with E-state index in [4.69, 9.17) is 5.26 Å². The summed E-state index contributed by atoms with van der Waals surface area (Å²) in [5.41, 5.74) is -1.04. The molecule has 0 radical (unpaired) electrons. The van der Waals surface area contributed by atoms with Crippen molar-refractivity contribution in [3.63, 3.8) is 0 Å². The molecule has 0 fully saturated rings. The van der Waals surface area contributed by atoms with Gasteiger partial charge in [-0.3, -0.25) is 4.79 Å². The number of nitriles is 1. The average Bonchev–Trinajstić information content (AvgIpc) is 2.27. The predicted molar refractivity (Wildman–Crippen MR) is 63.7 cm³/mol. The summed E-state index contributed by atoms with van der Waals surface area (Å²) in [6.07, 6.45) is -4.96. The first-order valence-corrected chi connectivity index (χ1v) is 5.73. The molecule has 19 heavy (non-hydrogen) atoms. The Labute approximate surface area is 113 Å². The van der Waals surface area contributed by atoms with Crippen LogP contribution in [0.2, 0.25) is 0 Å². The quantitative estimate of drug-likeness (QED) is 0.687. The van der Waals surface area contributed by atoms with E-state index in [0.717, 1.165) is 12.1 Å². The molecule has 0 bridgehead atoms. The van der Waals surface area contributed by atoms with Gasteiger partial charge in [-0.15, -0.1) is 12.6 Å². The van der Waals surface area contributed by atoms with Crippen LogP contribution in [0.25, 0.3) is 0 Å². The lowest BCUT2D eigenvalue weighted by Gasteiger charge is -2.12. The van der Waals surface area contributed by atoms with Gasteiger partial charge < -0.3 is 4.74 Å². The Kier molecular flexibility index (Phi) is 4.84. The molecule has 0 heterocycles. The molecule has 0 atom stereocenters. The fourth-order valence-electron chi connectivity index (χ4n) is 1.49. The van der Waals surface area contributed by atoms with E-state index in [1.807, 2.05) is 0 Å². The zero-order chi connectivity index (χ0) is 14.6. The average molecular weight is 289 g/mol. The number of nitrogens with zero attached hydrogens (tertiary/aromatic N) is 1. The first-order chi connectivity index (χ1) is 8.79. The standard InChI is InChI=1S/C12H10F3NO2S/c1-2-18-11(17)4-7-3-8(12(13,14)15)5-10(19)9(7)6-16/h3,5,19H,2,4H2,1H3. The van der Waals surface area contributed by atoms with Crippen LogP contribution >= 0.6 is 12.6 Å². The first kappa shape index (κ1) is 15.4. The van der Waals surface area contributed by atoms with Gasteiger partial charge in [0.25, 0.3) is 0 Å². The van der Waals surface area contributed by atoms with E-state index in [2.05, 4.69) is 17.4 Å². The molecular formula is C12H10F3NO2S. The monoisotopic (exact) mass is 289 g/mol. The minimum absolute atomic E-state index is 0.0409. The second kappa shape index (κ2) is 5.97. The highest BCUT2D eigenvalue weighted by molar-refractivity contribution is 7.80. The maximum Gasteiger partial charge on any atom is 0.416 e. The Morgan fingerprint density at radius 2 is 2.11 bits per heavy atom. The zero-order valence-electron chi connectivity index (χ0n) is 9.91. The molecule has 0 N–H and O–H groups in total. The minimum atomic E-state index is -4.56. The highest BCUT2D eigenvalue weighted by atomic mass is 32.1. The Bertz CT molecular complexity index is 535. The number of ether oxygens (including phenoxy) is 1. The van der Waals surface area contributed by atoms with Crippen molar-refractivity contribution < 1.29 is 22.7 Å². The van der Waals surface area contributed by atoms with E-state index in [1.165, 1.54) is 0 Å². The molecule has 0 aliphatic carbocycles. The lowest BCUT2D eigenvalue weighted by atomic mass is 10.0. The summed E-state index contributed by atoms with van der Waals surface area (Å²) in [5.74, 6) is -0.689. The second-order valence-electron chi connectivity index (χ2n) is 3.62. The number of benzene rings is 1. The van der Waals surface area contributed by atoms with Gasteiger partial charge in [0, 0.05) is 4.90 Å². The first-order valence-electron chi connectivity index (χ1n) is 5.28. The van der Waals surface area contributed by atoms with Crippen molar-refractivity contribution in [1.82, 2.24) is 0 Å². The van der Waals surface area contributed by atoms with Crippen LogP contribution in [0.5, 0.6) is 0 Å². The minimum Gasteiger partial charge on any atom is -0.466 e. The maximum absolute atomic E-state index is 12.6. The molecule has 7 heteroatoms. The van der Waals surface area contributed by atoms with Crippen molar-refractivity contribution in [2.45, 2.75) is 24.4 Å². The Balaban J connectivity index is 3.24. The van der Waals surface area contributed by atoms with Crippen LogP contribution in [0.3, 0.4) is 0 Å². The molecule has 0 aliphatic rings. The van der Waals surface area contributed by atoms with Crippen molar-refractivity contribution in [2.24, 2.45) is 0 Å². The number of alkyl halides is 3. The SMILES string of the molecule is CCOC(=O)Cc1cc(C(F)(F)F)cc(S)c1C#N. The topological polar surface area (TPSA) is 50.1 Å². The van der Waals surface area contributed by atoms with Crippen molar-refractivity contribution in [3.05, 3.63) is 28.8 Å². The normalized spacial score (nSPS) is 10.9. The van der Waals surface area contributed by atoms with Crippen LogP contribution in [-0.2, 0) is 22.1 Å². The van der Waals surface area contributed by atoms with E-state index in [9.17, 15) is 18.0 Å². The number of thiol groups is 1. The van der Waals surface area contributed by atoms with E-state index < -0.39 is 24.1 Å². The van der Waals surface area contributed by atoms with E-state index in [0.29, 0.717) is 0 Å². The smallest absolute Gasteiger partial charge is 0.416 e. The third kappa shape index (κ3) is 3.89. The number of halogens is 3. The third-order valence-corrected chi connectivity index (χ3v) is 2.63. The van der Waals surface area contributed by atoms with Crippen molar-refractivity contribution in [3.8, 4) is 6.07 Å². The van der Waals surface area contributed by atoms with Crippen LogP contribution < -0.4 is 0 Å². The van der Waals surface area contributed by atoms with Gasteiger partial charge in [0.2, 0.25) is 0 Å². The summed E-state index contributed by atoms with van der Waals surface area (Å²) >= 11 is 3.85. The van der Waals surface area contributed by atoms with Gasteiger partial charge in [-0.2, -0.15) is 18.4 Å². The summed E-state index contributed by atoms with van der Waals surface area (Å²) in [7, 11) is 0. The predicted octanol–water partition coefficient (Wildman–Crippen LogP) is 2.97. The van der Waals surface area contributed by atoms with Crippen LogP contribution in [-0.4, -0.2) is 12.6 Å². The number of esters is 1. The van der Waals surface area contributed by atoms with Crippen LogP contribution in [0, 0.1) is 11.3 Å². The number of carbonyl (C=O) groups is 1. The number of hydrogen-bond acceptors (Lipinski definition) is 4. The van der Waals surface area contributed by atoms with Crippen LogP contribution in [0.15, 0.2) is 17.0 Å². The molecule has 1 rings (SSSR count). The van der Waals surface area contributed by atoms with Gasteiger partial charge in [0.05, 0.1) is 24.2 Å². The van der Waals surface area contributed by atoms with Gasteiger partial charge in [0.15, 0.2) is 0 Å². The van der Waals surface area contributed by atoms with Crippen molar-refractivity contribution >= 4 is 18.6 Å². The molecule has 102 valence electrons. The molecule has 0 amide bonds. The lowest BCUT2D eigenvalue weighted by molar-refractivity contribution is -0.142. The Hall–Kier alpha value is -1.68. The molecular weight excluding hydrogens is 279 g/mol. The highest BCUT2D eigenvalue weighted by Crippen LogP contribution is 2.33. The van der Waals surface area contributed by atoms with Crippen molar-refractivity contribution in [1.29, 1.82) is 5.26 Å². The number of carbonyl (C=O) groups excluding carboxylic acids is 1. The molecule has 0 aliphatic heterocycles. The fraction of sp³-hybridized carbons (Fsp3) is 0.333. The van der Waals surface area contributed by atoms with E-state index in [-0.39, 0.29) is 22.6 Å². The molecule has 1 aromatic carbocycles. The number of rotatable bonds is 3. The van der Waals surface area contributed by atoms with Gasteiger partial charge in [-0.1, -0.05) is 0 Å². The fourth-order valence-corrected chi connectivity index (χ4v) is 1.82. The number of hydrogen-bond donors (Lipinski definition) is 1. The molecule has 0 saturated carbocycles. The molecule has 0 aromatic heterocycles. The Morgan fingerprint density at radius 1 is 1.47 bits per heavy atom. The van der Waals surface area contributed by atoms with Gasteiger partial charge in [-0.25, -0.2) is 0 Å². The third-order valence-electron chi connectivity index (χ3n) is 2.28. The van der Waals surface area contributed by atoms with Gasteiger partial charge in [0.1, 0.15) is 6.07 Å². The van der Waals surface area contributed by atoms with E-state index in [1.54, 1.807) is 13.0 Å². The summed E-state index contributed by atoms with van der Waals surface area (Å²) in [4.78, 5) is 11.2. The Morgan fingerprint density at radius 3 is 2.58 bits per heavy atom. The van der Waals surface area contributed by atoms with Gasteiger partial charge >= 0.3 is 12.1 Å². The molecule has 3 nitrogen and oxygen atoms in total. The largest absolute Gasteiger partial charge is 0.466 e. The summed E-state index contributed by atoms with van der Waals surface area (Å²) in [6, 6.07) is 3.27. The molecule has 0 unspecified atom stereocenters. The van der Waals surface area contributed by atoms with E-state index >= 15 is 0 Å². The van der Waals surface area contributed by atoms with Crippen molar-refractivity contribution in [2.75, 3.05) is 6.61 Å². The summed E-state index contributed by atoms with van der Waals surface area (Å²) in [5, 5.41) is 8.90. The van der Waals surface area contributed by atoms with Gasteiger partial charge in [-0.05, 0) is 24.6 Å². The lowest BCUT2D eigenvalue weighted by Crippen LogP contribution is -2.12.